The molecule has 0 aliphatic carbocycles. The van der Waals surface area contributed by atoms with E-state index in [1.165, 1.54) is 0 Å². The van der Waals surface area contributed by atoms with Crippen molar-refractivity contribution >= 4 is 29.4 Å². The number of carboxylic acids is 1. The Hall–Kier alpha value is -2.94. The second-order valence-corrected chi connectivity index (χ2v) is 7.67. The van der Waals surface area contributed by atoms with E-state index >= 15 is 0 Å². The lowest BCUT2D eigenvalue weighted by Gasteiger charge is -2.33. The number of rotatable bonds is 10. The molecule has 0 bridgehead atoms. The number of imide groups is 1. The van der Waals surface area contributed by atoms with Gasteiger partial charge in [-0.05, 0) is 31.4 Å². The van der Waals surface area contributed by atoms with Crippen molar-refractivity contribution < 1.29 is 29.4 Å². The summed E-state index contributed by atoms with van der Waals surface area (Å²) in [4.78, 5) is 48.8. The predicted molar refractivity (Wildman–Crippen MR) is 108 cm³/mol. The highest BCUT2D eigenvalue weighted by Crippen LogP contribution is 2.33. The Kier molecular flexibility index (Phi) is 7.04. The van der Waals surface area contributed by atoms with Crippen LogP contribution in [0.15, 0.2) is 18.2 Å². The van der Waals surface area contributed by atoms with Gasteiger partial charge in [-0.25, -0.2) is 0 Å². The molecule has 1 saturated heterocycles. The molecule has 30 heavy (non-hydrogen) atoms. The predicted octanol–water partition coefficient (Wildman–Crippen LogP) is 1.72. The number of amides is 3. The molecule has 0 radical (unpaired) electrons. The van der Waals surface area contributed by atoms with Crippen LogP contribution in [-0.2, 0) is 9.59 Å². The van der Waals surface area contributed by atoms with Gasteiger partial charge in [-0.15, -0.1) is 0 Å². The van der Waals surface area contributed by atoms with E-state index in [-0.39, 0.29) is 25.2 Å². The van der Waals surface area contributed by atoms with E-state index in [1.807, 2.05) is 0 Å². The largest absolute Gasteiger partial charge is 0.481 e. The molecule has 0 aromatic heterocycles. The van der Waals surface area contributed by atoms with E-state index in [1.54, 1.807) is 18.2 Å². The first kappa shape index (κ1) is 21.8. The van der Waals surface area contributed by atoms with Crippen LogP contribution < -0.4 is 10.6 Å². The van der Waals surface area contributed by atoms with Crippen LogP contribution in [0.5, 0.6) is 0 Å². The van der Waals surface area contributed by atoms with Gasteiger partial charge in [0.2, 0.25) is 5.91 Å². The number of carbonyl (C=O) groups excluding carboxylic acids is 3. The number of piperidine rings is 1. The summed E-state index contributed by atoms with van der Waals surface area (Å²) in [6, 6.07) is 4.27. The van der Waals surface area contributed by atoms with Gasteiger partial charge in [0, 0.05) is 25.1 Å². The number of hydrogen-bond acceptors (Lipinski definition) is 6. The number of anilines is 1. The van der Waals surface area contributed by atoms with Crippen molar-refractivity contribution in [3.63, 3.8) is 0 Å². The SMILES string of the molecule is O=C(O)CCCCCCCNc1cccc2c1C(=O)N(C1CCC(=O)NC1O)C2=O. The van der Waals surface area contributed by atoms with Crippen LogP contribution in [0, 0.1) is 0 Å². The molecule has 2 unspecified atom stereocenters. The Labute approximate surface area is 174 Å². The third-order valence-electron chi connectivity index (χ3n) is 5.50. The fourth-order valence-electron chi connectivity index (χ4n) is 3.95. The molecule has 9 heteroatoms. The number of aliphatic hydroxyl groups is 1. The highest BCUT2D eigenvalue weighted by molar-refractivity contribution is 6.24. The van der Waals surface area contributed by atoms with Crippen LogP contribution in [0.1, 0.15) is 72.1 Å². The van der Waals surface area contributed by atoms with Gasteiger partial charge in [0.25, 0.3) is 11.8 Å². The molecule has 2 atom stereocenters. The van der Waals surface area contributed by atoms with Gasteiger partial charge in [-0.3, -0.25) is 24.1 Å². The first-order chi connectivity index (χ1) is 14.4. The minimum absolute atomic E-state index is 0.146. The topological polar surface area (TPSA) is 136 Å². The molecule has 3 rings (SSSR count). The zero-order valence-electron chi connectivity index (χ0n) is 16.7. The second kappa shape index (κ2) is 9.71. The highest BCUT2D eigenvalue weighted by atomic mass is 16.4. The van der Waals surface area contributed by atoms with E-state index in [4.69, 9.17) is 5.11 Å². The number of benzene rings is 1. The van der Waals surface area contributed by atoms with Gasteiger partial charge in [0.05, 0.1) is 17.2 Å². The Morgan fingerprint density at radius 2 is 1.83 bits per heavy atom. The van der Waals surface area contributed by atoms with Crippen LogP contribution in [0.25, 0.3) is 0 Å². The second-order valence-electron chi connectivity index (χ2n) is 7.67. The van der Waals surface area contributed by atoms with Crippen LogP contribution in [0.4, 0.5) is 5.69 Å². The zero-order chi connectivity index (χ0) is 21.7. The summed E-state index contributed by atoms with van der Waals surface area (Å²) < 4.78 is 0. The van der Waals surface area contributed by atoms with Crippen LogP contribution in [0.2, 0.25) is 0 Å². The first-order valence-corrected chi connectivity index (χ1v) is 10.3. The molecule has 0 spiro atoms. The quantitative estimate of drug-likeness (QED) is 0.336. The van der Waals surface area contributed by atoms with Crippen molar-refractivity contribution in [3.8, 4) is 0 Å². The summed E-state index contributed by atoms with van der Waals surface area (Å²) in [7, 11) is 0. The maximum Gasteiger partial charge on any atom is 0.303 e. The van der Waals surface area contributed by atoms with Crippen LogP contribution in [-0.4, -0.2) is 57.6 Å². The third kappa shape index (κ3) is 4.79. The molecule has 9 nitrogen and oxygen atoms in total. The lowest BCUT2D eigenvalue weighted by atomic mass is 10.0. The smallest absolute Gasteiger partial charge is 0.303 e. The van der Waals surface area contributed by atoms with Crippen LogP contribution >= 0.6 is 0 Å². The lowest BCUT2D eigenvalue weighted by molar-refractivity contribution is -0.137. The number of aliphatic hydroxyl groups excluding tert-OH is 1. The summed E-state index contributed by atoms with van der Waals surface area (Å²) in [6.07, 6.45) is 3.58. The number of unbranched alkanes of at least 4 members (excludes halogenated alkanes) is 4. The van der Waals surface area contributed by atoms with Gasteiger partial charge < -0.3 is 20.8 Å². The number of hydrogen-bond donors (Lipinski definition) is 4. The molecule has 2 aliphatic heterocycles. The molecule has 2 aliphatic rings. The maximum absolute atomic E-state index is 13.0. The minimum atomic E-state index is -1.27. The van der Waals surface area contributed by atoms with Gasteiger partial charge in [0.15, 0.2) is 0 Å². The average Bonchev–Trinajstić information content (AvgIpc) is 2.95. The van der Waals surface area contributed by atoms with Gasteiger partial charge in [-0.1, -0.05) is 25.3 Å². The van der Waals surface area contributed by atoms with Crippen molar-refractivity contribution in [1.29, 1.82) is 0 Å². The summed E-state index contributed by atoms with van der Waals surface area (Å²) >= 11 is 0. The maximum atomic E-state index is 13.0. The molecule has 162 valence electrons. The van der Waals surface area contributed by atoms with E-state index in [0.29, 0.717) is 29.8 Å². The molecule has 4 N–H and O–H groups in total. The molecule has 3 amide bonds. The Morgan fingerprint density at radius 3 is 2.57 bits per heavy atom. The van der Waals surface area contributed by atoms with Gasteiger partial charge in [0.1, 0.15) is 6.23 Å². The summed E-state index contributed by atoms with van der Waals surface area (Å²) in [5.41, 5.74) is 1.17. The number of aliphatic carboxylic acids is 1. The normalized spacial score (nSPS) is 20.8. The van der Waals surface area contributed by atoms with Gasteiger partial charge in [-0.2, -0.15) is 0 Å². The number of nitrogens with zero attached hydrogens (tertiary/aromatic N) is 1. The first-order valence-electron chi connectivity index (χ1n) is 10.3. The number of nitrogens with one attached hydrogen (secondary N) is 2. The minimum Gasteiger partial charge on any atom is -0.481 e. The number of fused-ring (bicyclic) bond motifs is 1. The van der Waals surface area contributed by atoms with Crippen molar-refractivity contribution in [2.75, 3.05) is 11.9 Å². The van der Waals surface area contributed by atoms with E-state index in [0.717, 1.165) is 30.6 Å². The highest BCUT2D eigenvalue weighted by Gasteiger charge is 2.45. The van der Waals surface area contributed by atoms with E-state index in [2.05, 4.69) is 10.6 Å². The zero-order valence-corrected chi connectivity index (χ0v) is 16.7. The van der Waals surface area contributed by atoms with E-state index < -0.39 is 30.1 Å². The van der Waals surface area contributed by atoms with E-state index in [9.17, 15) is 24.3 Å². The standard InChI is InChI=1S/C21H27N3O6/c25-16-11-10-15(19(28)23-16)24-20(29)13-7-6-8-14(18(13)21(24)30)22-12-5-3-1-2-4-9-17(26)27/h6-8,15,19,22,28H,1-5,9-12H2,(H,23,25)(H,26,27). The number of carboxylic acid groups (broad SMARTS) is 1. The molecule has 0 saturated carbocycles. The number of carbonyl (C=O) groups is 4. The van der Waals surface area contributed by atoms with Gasteiger partial charge >= 0.3 is 5.97 Å². The fourth-order valence-corrected chi connectivity index (χ4v) is 3.95. The Morgan fingerprint density at radius 1 is 1.10 bits per heavy atom. The Bertz CT molecular complexity index is 840. The molecule has 2 heterocycles. The third-order valence-corrected chi connectivity index (χ3v) is 5.50. The van der Waals surface area contributed by atoms with Crippen molar-refractivity contribution in [2.45, 2.75) is 63.6 Å². The lowest BCUT2D eigenvalue weighted by Crippen LogP contribution is -2.57. The Balaban J connectivity index is 1.57. The van der Waals surface area contributed by atoms with Crippen molar-refractivity contribution in [2.24, 2.45) is 0 Å². The molecular formula is C21H27N3O6. The average molecular weight is 417 g/mol. The van der Waals surface area contributed by atoms with Crippen LogP contribution in [0.3, 0.4) is 0 Å². The summed E-state index contributed by atoms with van der Waals surface area (Å²) in [6.45, 7) is 0.624. The monoisotopic (exact) mass is 417 g/mol. The molecule has 1 fully saturated rings. The molecule has 1 aromatic carbocycles. The summed E-state index contributed by atoms with van der Waals surface area (Å²) in [5, 5.41) is 24.4. The fraction of sp³-hybridized carbons (Fsp3) is 0.524. The summed E-state index contributed by atoms with van der Waals surface area (Å²) in [5.74, 6) is -2.00. The molecule has 1 aromatic rings. The van der Waals surface area contributed by atoms with Crippen molar-refractivity contribution in [3.05, 3.63) is 29.3 Å². The molecular weight excluding hydrogens is 390 g/mol. The van der Waals surface area contributed by atoms with Crippen molar-refractivity contribution in [1.82, 2.24) is 10.2 Å².